The maximum atomic E-state index is 10.7. The van der Waals surface area contributed by atoms with Crippen molar-refractivity contribution in [1.29, 1.82) is 0 Å². The molecule has 4 nitrogen and oxygen atoms in total. The van der Waals surface area contributed by atoms with E-state index in [1.165, 1.54) is 17.7 Å². The van der Waals surface area contributed by atoms with Crippen molar-refractivity contribution in [3.63, 3.8) is 0 Å². The van der Waals surface area contributed by atoms with Gasteiger partial charge in [-0.05, 0) is 49.6 Å². The minimum Gasteiger partial charge on any atom is -0.356 e. The van der Waals surface area contributed by atoms with Gasteiger partial charge >= 0.3 is 0 Å². The number of aldehydes is 1. The number of nitrogens with zero attached hydrogens (tertiary/aromatic N) is 3. The van der Waals surface area contributed by atoms with Gasteiger partial charge < -0.3 is 9.69 Å². The van der Waals surface area contributed by atoms with Gasteiger partial charge in [0.15, 0.2) is 0 Å². The van der Waals surface area contributed by atoms with E-state index in [-0.39, 0.29) is 0 Å². The molecule has 0 unspecified atom stereocenters. The number of anilines is 1. The summed E-state index contributed by atoms with van der Waals surface area (Å²) in [6.07, 6.45) is 3.90. The standard InChI is InChI=1S/C19H19N3OS/c1-13-20-17-12-14(18-7-5-15(24-18)8-11-23)4-6-16(17)19(21-13)22-9-2-3-10-22/h4-7,11-12H,2-3,8-10H2,1H3. The molecule has 5 heteroatoms. The Hall–Kier alpha value is -2.27. The SMILES string of the molecule is Cc1nc(N2CCCC2)c2ccc(-c3ccc(CC=O)s3)cc2n1. The van der Waals surface area contributed by atoms with Crippen molar-refractivity contribution in [1.82, 2.24) is 9.97 Å². The summed E-state index contributed by atoms with van der Waals surface area (Å²) in [5, 5.41) is 1.12. The van der Waals surface area contributed by atoms with Gasteiger partial charge in [0, 0.05) is 34.7 Å². The Labute approximate surface area is 145 Å². The lowest BCUT2D eigenvalue weighted by Gasteiger charge is -2.19. The fraction of sp³-hybridized carbons (Fsp3) is 0.316. The van der Waals surface area contributed by atoms with E-state index in [9.17, 15) is 4.79 Å². The molecule has 0 atom stereocenters. The zero-order valence-electron chi connectivity index (χ0n) is 13.7. The van der Waals surface area contributed by atoms with Gasteiger partial charge in [-0.25, -0.2) is 9.97 Å². The van der Waals surface area contributed by atoms with Crippen molar-refractivity contribution < 1.29 is 4.79 Å². The number of rotatable bonds is 4. The molecule has 2 aromatic heterocycles. The topological polar surface area (TPSA) is 46.1 Å². The average Bonchev–Trinajstić information content (AvgIpc) is 3.25. The first-order valence-electron chi connectivity index (χ1n) is 8.30. The summed E-state index contributed by atoms with van der Waals surface area (Å²) in [6.45, 7) is 4.11. The maximum absolute atomic E-state index is 10.7. The summed E-state index contributed by atoms with van der Waals surface area (Å²) in [6, 6.07) is 10.5. The number of fused-ring (bicyclic) bond motifs is 1. The number of carbonyl (C=O) groups is 1. The molecule has 0 saturated carbocycles. The van der Waals surface area contributed by atoms with E-state index in [4.69, 9.17) is 4.98 Å². The van der Waals surface area contributed by atoms with Crippen molar-refractivity contribution in [2.24, 2.45) is 0 Å². The van der Waals surface area contributed by atoms with Crippen LogP contribution in [0.25, 0.3) is 21.3 Å². The first kappa shape index (κ1) is 15.3. The number of benzene rings is 1. The Balaban J connectivity index is 1.78. The number of carbonyl (C=O) groups excluding carboxylic acids is 1. The molecule has 0 bridgehead atoms. The van der Waals surface area contributed by atoms with E-state index < -0.39 is 0 Å². The van der Waals surface area contributed by atoms with E-state index in [2.05, 4.69) is 34.1 Å². The van der Waals surface area contributed by atoms with Crippen LogP contribution in [-0.4, -0.2) is 29.3 Å². The normalized spacial score (nSPS) is 14.5. The summed E-state index contributed by atoms with van der Waals surface area (Å²) >= 11 is 1.67. The van der Waals surface area contributed by atoms with Gasteiger partial charge in [0.2, 0.25) is 0 Å². The molecule has 0 radical (unpaired) electrons. The third kappa shape index (κ3) is 2.80. The third-order valence-electron chi connectivity index (χ3n) is 4.42. The Morgan fingerprint density at radius 1 is 1.17 bits per heavy atom. The molecular weight excluding hydrogens is 318 g/mol. The molecule has 1 aliphatic rings. The quantitative estimate of drug-likeness (QED) is 0.675. The minimum atomic E-state index is 0.485. The zero-order chi connectivity index (χ0) is 16.5. The van der Waals surface area contributed by atoms with Gasteiger partial charge in [-0.2, -0.15) is 0 Å². The second-order valence-corrected chi connectivity index (χ2v) is 7.33. The lowest BCUT2D eigenvalue weighted by Crippen LogP contribution is -2.20. The fourth-order valence-corrected chi connectivity index (χ4v) is 4.23. The summed E-state index contributed by atoms with van der Waals surface area (Å²) in [4.78, 5) is 24.7. The largest absolute Gasteiger partial charge is 0.356 e. The van der Waals surface area contributed by atoms with Crippen LogP contribution in [0.4, 0.5) is 5.82 Å². The molecule has 4 rings (SSSR count). The van der Waals surface area contributed by atoms with Crippen molar-refractivity contribution in [3.05, 3.63) is 41.0 Å². The Morgan fingerprint density at radius 3 is 2.79 bits per heavy atom. The molecule has 122 valence electrons. The van der Waals surface area contributed by atoms with Crippen molar-refractivity contribution in [2.45, 2.75) is 26.2 Å². The second-order valence-electron chi connectivity index (χ2n) is 6.16. The minimum absolute atomic E-state index is 0.485. The van der Waals surface area contributed by atoms with Crippen LogP contribution in [0.2, 0.25) is 0 Å². The summed E-state index contributed by atoms with van der Waals surface area (Å²) in [5.74, 6) is 1.88. The highest BCUT2D eigenvalue weighted by molar-refractivity contribution is 7.15. The van der Waals surface area contributed by atoms with E-state index in [1.54, 1.807) is 11.3 Å². The molecule has 3 aromatic rings. The molecule has 1 aromatic carbocycles. The Bertz CT molecular complexity index is 897. The van der Waals surface area contributed by atoms with Gasteiger partial charge in [-0.3, -0.25) is 0 Å². The van der Waals surface area contributed by atoms with Crippen molar-refractivity contribution >= 4 is 34.3 Å². The second kappa shape index (κ2) is 6.32. The first-order valence-corrected chi connectivity index (χ1v) is 9.12. The van der Waals surface area contributed by atoms with Crippen LogP contribution < -0.4 is 4.90 Å². The lowest BCUT2D eigenvalue weighted by molar-refractivity contribution is -0.107. The van der Waals surface area contributed by atoms with E-state index >= 15 is 0 Å². The molecule has 1 aliphatic heterocycles. The molecule has 1 fully saturated rings. The number of thiophene rings is 1. The molecule has 0 aliphatic carbocycles. The highest BCUT2D eigenvalue weighted by Gasteiger charge is 2.18. The Kier molecular flexibility index (Phi) is 4.02. The van der Waals surface area contributed by atoms with Gasteiger partial charge in [0.1, 0.15) is 17.9 Å². The maximum Gasteiger partial charge on any atom is 0.140 e. The van der Waals surface area contributed by atoms with E-state index in [0.717, 1.165) is 52.4 Å². The van der Waals surface area contributed by atoms with Crippen LogP contribution >= 0.6 is 11.3 Å². The molecule has 3 heterocycles. The van der Waals surface area contributed by atoms with Crippen molar-refractivity contribution in [3.8, 4) is 10.4 Å². The molecule has 24 heavy (non-hydrogen) atoms. The first-order chi connectivity index (χ1) is 11.7. The highest BCUT2D eigenvalue weighted by atomic mass is 32.1. The van der Waals surface area contributed by atoms with Crippen LogP contribution in [0.15, 0.2) is 30.3 Å². The van der Waals surface area contributed by atoms with Gasteiger partial charge in [0.05, 0.1) is 5.52 Å². The highest BCUT2D eigenvalue weighted by Crippen LogP contribution is 2.33. The lowest BCUT2D eigenvalue weighted by atomic mass is 10.1. The number of aryl methyl sites for hydroxylation is 1. The average molecular weight is 337 g/mol. The molecule has 0 spiro atoms. The molecule has 1 saturated heterocycles. The molecular formula is C19H19N3OS. The summed E-state index contributed by atoms with van der Waals surface area (Å²) in [7, 11) is 0. The van der Waals surface area contributed by atoms with Gasteiger partial charge in [-0.1, -0.05) is 6.07 Å². The van der Waals surface area contributed by atoms with Crippen LogP contribution in [0, 0.1) is 6.92 Å². The van der Waals surface area contributed by atoms with Gasteiger partial charge in [0.25, 0.3) is 0 Å². The third-order valence-corrected chi connectivity index (χ3v) is 5.58. The smallest absolute Gasteiger partial charge is 0.140 e. The monoisotopic (exact) mass is 337 g/mol. The Morgan fingerprint density at radius 2 is 2.00 bits per heavy atom. The number of aromatic nitrogens is 2. The van der Waals surface area contributed by atoms with E-state index in [0.29, 0.717) is 6.42 Å². The van der Waals surface area contributed by atoms with Crippen LogP contribution in [0.1, 0.15) is 23.5 Å². The van der Waals surface area contributed by atoms with Crippen LogP contribution in [0.5, 0.6) is 0 Å². The zero-order valence-corrected chi connectivity index (χ0v) is 14.5. The molecule has 0 amide bonds. The van der Waals surface area contributed by atoms with Crippen LogP contribution in [0.3, 0.4) is 0 Å². The van der Waals surface area contributed by atoms with E-state index in [1.807, 2.05) is 13.0 Å². The predicted molar refractivity (Wildman–Crippen MR) is 98.8 cm³/mol. The summed E-state index contributed by atoms with van der Waals surface area (Å²) < 4.78 is 0. The van der Waals surface area contributed by atoms with Gasteiger partial charge in [-0.15, -0.1) is 11.3 Å². The van der Waals surface area contributed by atoms with Crippen molar-refractivity contribution in [2.75, 3.05) is 18.0 Å². The van der Waals surface area contributed by atoms with Crippen LogP contribution in [-0.2, 0) is 11.2 Å². The predicted octanol–water partition coefficient (Wildman–Crippen LogP) is 4.01. The fourth-order valence-electron chi connectivity index (χ4n) is 3.27. The molecule has 0 N–H and O–H groups in total. The number of hydrogen-bond acceptors (Lipinski definition) is 5. The summed E-state index contributed by atoms with van der Waals surface area (Å²) in [5.41, 5.74) is 2.14. The number of hydrogen-bond donors (Lipinski definition) is 0.